The molecule has 0 fully saturated rings. The molecule has 0 unspecified atom stereocenters. The molecule has 0 rings (SSSR count). The average molecular weight is 274 g/mol. The first-order chi connectivity index (χ1) is 7.91. The zero-order valence-corrected chi connectivity index (χ0v) is 11.1. The van der Waals surface area contributed by atoms with Crippen LogP contribution in [0.1, 0.15) is 32.1 Å². The van der Waals surface area contributed by atoms with Crippen molar-refractivity contribution in [1.29, 1.82) is 21.6 Å². The van der Waals surface area contributed by atoms with Crippen LogP contribution in [0.3, 0.4) is 0 Å². The first-order valence-corrected chi connectivity index (χ1v) is 6.73. The molecule has 17 heavy (non-hydrogen) atoms. The van der Waals surface area contributed by atoms with Crippen molar-refractivity contribution >= 4 is 43.9 Å². The van der Waals surface area contributed by atoms with E-state index in [-0.39, 0.29) is 10.3 Å². The van der Waals surface area contributed by atoms with Gasteiger partial charge in [0, 0.05) is 0 Å². The summed E-state index contributed by atoms with van der Waals surface area (Å²) in [7, 11) is 0. The number of hydrogen-bond donors (Lipinski definition) is 6. The second kappa shape index (κ2) is 9.06. The highest BCUT2D eigenvalue weighted by Gasteiger charge is 2.02. The molecule has 0 radical (unpaired) electrons. The minimum atomic E-state index is -0.0466. The Bertz CT molecular complexity index is 285. The fraction of sp³-hybridized carbons (Fsp3) is 0.556. The number of amidine groups is 2. The van der Waals surface area contributed by atoms with Crippen LogP contribution in [0.5, 0.6) is 0 Å². The van der Waals surface area contributed by atoms with Crippen molar-refractivity contribution < 1.29 is 0 Å². The zero-order chi connectivity index (χ0) is 13.3. The van der Waals surface area contributed by atoms with Crippen molar-refractivity contribution in [2.24, 2.45) is 11.5 Å². The van der Waals surface area contributed by atoms with E-state index in [0.29, 0.717) is 22.9 Å². The number of rotatable bonds is 6. The lowest BCUT2D eigenvalue weighted by Gasteiger charge is -2.03. The van der Waals surface area contributed by atoms with Gasteiger partial charge in [0.2, 0.25) is 0 Å². The first kappa shape index (κ1) is 16.0. The summed E-state index contributed by atoms with van der Waals surface area (Å²) in [5.41, 5.74) is 10.3. The van der Waals surface area contributed by atoms with Gasteiger partial charge in [-0.1, -0.05) is 6.42 Å². The number of thioether (sulfide) groups is 2. The molecule has 0 aromatic rings. The molecule has 0 bridgehead atoms. The number of nitrogens with two attached hydrogens (primary N) is 2. The first-order valence-electron chi connectivity index (χ1n) is 5.10. The van der Waals surface area contributed by atoms with Gasteiger partial charge in [0.25, 0.3) is 0 Å². The molecular weight excluding hydrogens is 256 g/mol. The van der Waals surface area contributed by atoms with Crippen LogP contribution in [0.2, 0.25) is 0 Å². The van der Waals surface area contributed by atoms with Crippen molar-refractivity contribution in [2.75, 3.05) is 0 Å². The highest BCUT2D eigenvalue weighted by molar-refractivity contribution is 8.26. The third-order valence-corrected chi connectivity index (χ3v) is 3.11. The molecule has 0 aliphatic heterocycles. The quantitative estimate of drug-likeness (QED) is 0.250. The maximum absolute atomic E-state index is 7.48. The fourth-order valence-electron chi connectivity index (χ4n) is 1.12. The SMILES string of the molecule is N=C(N)SC(=N)CCCCCC(=N)SC(=N)N. The minimum Gasteiger partial charge on any atom is -0.378 e. The van der Waals surface area contributed by atoms with Crippen molar-refractivity contribution in [3.63, 3.8) is 0 Å². The van der Waals surface area contributed by atoms with Crippen molar-refractivity contribution in [3.05, 3.63) is 0 Å². The van der Waals surface area contributed by atoms with Gasteiger partial charge in [0.15, 0.2) is 10.3 Å². The maximum Gasteiger partial charge on any atom is 0.157 e. The predicted octanol–water partition coefficient (Wildman–Crippen LogP) is 2.14. The molecule has 0 aliphatic rings. The van der Waals surface area contributed by atoms with E-state index in [1.165, 1.54) is 0 Å². The lowest BCUT2D eigenvalue weighted by atomic mass is 10.1. The lowest BCUT2D eigenvalue weighted by Crippen LogP contribution is -2.08. The Labute approximate surface area is 109 Å². The van der Waals surface area contributed by atoms with Crippen LogP contribution in [0, 0.1) is 21.6 Å². The van der Waals surface area contributed by atoms with E-state index < -0.39 is 0 Å². The minimum absolute atomic E-state index is 0.0466. The second-order valence-electron chi connectivity index (χ2n) is 3.34. The Morgan fingerprint density at radius 2 is 1.06 bits per heavy atom. The maximum atomic E-state index is 7.48. The molecule has 0 saturated heterocycles. The van der Waals surface area contributed by atoms with Crippen molar-refractivity contribution in [2.45, 2.75) is 32.1 Å². The predicted molar refractivity (Wildman–Crippen MR) is 77.5 cm³/mol. The summed E-state index contributed by atoms with van der Waals surface area (Å²) < 4.78 is 0. The molecule has 0 atom stereocenters. The molecule has 8 N–H and O–H groups in total. The molecule has 6 nitrogen and oxygen atoms in total. The molecular formula is C9H18N6S2. The van der Waals surface area contributed by atoms with E-state index in [1.807, 2.05) is 0 Å². The Kier molecular flexibility index (Phi) is 8.51. The highest BCUT2D eigenvalue weighted by Crippen LogP contribution is 2.13. The van der Waals surface area contributed by atoms with Gasteiger partial charge in [-0.25, -0.2) is 0 Å². The van der Waals surface area contributed by atoms with Crippen LogP contribution in [0.4, 0.5) is 0 Å². The molecule has 0 aromatic heterocycles. The third kappa shape index (κ3) is 11.2. The Morgan fingerprint density at radius 3 is 1.35 bits per heavy atom. The van der Waals surface area contributed by atoms with Crippen LogP contribution >= 0.6 is 23.5 Å². The van der Waals surface area contributed by atoms with E-state index in [2.05, 4.69) is 0 Å². The summed E-state index contributed by atoms with van der Waals surface area (Å²) >= 11 is 1.96. The Balaban J connectivity index is 3.46. The fourth-order valence-corrected chi connectivity index (χ4v) is 2.14. The summed E-state index contributed by atoms with van der Waals surface area (Å²) in [4.78, 5) is 0. The third-order valence-electron chi connectivity index (χ3n) is 1.77. The van der Waals surface area contributed by atoms with E-state index in [1.54, 1.807) is 0 Å². The van der Waals surface area contributed by atoms with Gasteiger partial charge in [0.05, 0.1) is 10.1 Å². The molecule has 0 aliphatic carbocycles. The monoisotopic (exact) mass is 274 g/mol. The van der Waals surface area contributed by atoms with Gasteiger partial charge >= 0.3 is 0 Å². The van der Waals surface area contributed by atoms with Gasteiger partial charge in [-0.3, -0.25) is 21.6 Å². The van der Waals surface area contributed by atoms with E-state index in [9.17, 15) is 0 Å². The van der Waals surface area contributed by atoms with Gasteiger partial charge in [-0.15, -0.1) is 0 Å². The topological polar surface area (TPSA) is 147 Å². The van der Waals surface area contributed by atoms with Crippen molar-refractivity contribution in [3.8, 4) is 0 Å². The summed E-state index contributed by atoms with van der Waals surface area (Å²) in [6, 6.07) is 0. The van der Waals surface area contributed by atoms with Crippen LogP contribution in [0.15, 0.2) is 0 Å². The molecule has 0 aromatic carbocycles. The Morgan fingerprint density at radius 1 is 0.706 bits per heavy atom. The molecule has 96 valence electrons. The van der Waals surface area contributed by atoms with Crippen LogP contribution < -0.4 is 11.5 Å². The molecule has 0 heterocycles. The Hall–Kier alpha value is -1.02. The van der Waals surface area contributed by atoms with E-state index in [4.69, 9.17) is 33.1 Å². The summed E-state index contributed by atoms with van der Waals surface area (Å²) in [6.07, 6.45) is 3.88. The normalized spacial score (nSPS) is 9.88. The van der Waals surface area contributed by atoms with E-state index >= 15 is 0 Å². The van der Waals surface area contributed by atoms with Gasteiger partial charge < -0.3 is 11.5 Å². The van der Waals surface area contributed by atoms with Crippen LogP contribution in [0.25, 0.3) is 0 Å². The second-order valence-corrected chi connectivity index (χ2v) is 5.61. The smallest absolute Gasteiger partial charge is 0.157 e. The molecule has 0 saturated carbocycles. The number of unbranched alkanes of at least 4 members (excludes halogenated alkanes) is 2. The van der Waals surface area contributed by atoms with Gasteiger partial charge in [0.1, 0.15) is 0 Å². The lowest BCUT2D eigenvalue weighted by molar-refractivity contribution is 0.720. The van der Waals surface area contributed by atoms with Gasteiger partial charge in [-0.2, -0.15) is 0 Å². The van der Waals surface area contributed by atoms with E-state index in [0.717, 1.165) is 42.8 Å². The number of nitrogens with one attached hydrogen (secondary N) is 4. The molecule has 0 amide bonds. The summed E-state index contributed by atoms with van der Waals surface area (Å²) in [5, 5.41) is 29.7. The van der Waals surface area contributed by atoms with Crippen molar-refractivity contribution in [1.82, 2.24) is 0 Å². The van der Waals surface area contributed by atoms with Gasteiger partial charge in [-0.05, 0) is 49.2 Å². The largest absolute Gasteiger partial charge is 0.378 e. The zero-order valence-electron chi connectivity index (χ0n) is 9.51. The highest BCUT2D eigenvalue weighted by atomic mass is 32.2. The molecule has 8 heteroatoms. The average Bonchev–Trinajstić information content (AvgIpc) is 2.14. The standard InChI is InChI=1S/C9H18N6S2/c10-6(16-8(12)13)4-2-1-3-5-7(11)17-9(14)15/h10-11H,1-5H2,(H3,12,13)(H3,14,15). The molecule has 0 spiro atoms. The van der Waals surface area contributed by atoms with Crippen LogP contribution in [-0.2, 0) is 0 Å². The summed E-state index contributed by atoms with van der Waals surface area (Å²) in [6.45, 7) is 0. The number of hydrogen-bond acceptors (Lipinski definition) is 6. The summed E-state index contributed by atoms with van der Waals surface area (Å²) in [5.74, 6) is 0. The van der Waals surface area contributed by atoms with Crippen LogP contribution in [-0.4, -0.2) is 20.4 Å².